The van der Waals surface area contributed by atoms with Gasteiger partial charge in [0.2, 0.25) is 0 Å². The molecule has 1 aliphatic carbocycles. The minimum Gasteiger partial charge on any atom is -0.494 e. The van der Waals surface area contributed by atoms with Gasteiger partial charge in [-0.25, -0.2) is 0 Å². The zero-order valence-electron chi connectivity index (χ0n) is 17.0. The number of carbonyl (C=O) groups excluding carboxylic acids is 2. The summed E-state index contributed by atoms with van der Waals surface area (Å²) in [4.78, 5) is 26.9. The second-order valence-electron chi connectivity index (χ2n) is 7.40. The van der Waals surface area contributed by atoms with Gasteiger partial charge in [-0.05, 0) is 74.1 Å². The largest absolute Gasteiger partial charge is 0.494 e. The van der Waals surface area contributed by atoms with Crippen molar-refractivity contribution in [2.24, 2.45) is 5.92 Å². The van der Waals surface area contributed by atoms with Crippen molar-refractivity contribution in [1.29, 1.82) is 0 Å². The first-order valence-corrected chi connectivity index (χ1v) is 10.9. The van der Waals surface area contributed by atoms with Crippen molar-refractivity contribution in [3.8, 4) is 5.75 Å². The molecular weight excluding hydrogens is 400 g/mol. The lowest BCUT2D eigenvalue weighted by Crippen LogP contribution is -2.19. The molecule has 6 nitrogen and oxygen atoms in total. The van der Waals surface area contributed by atoms with Crippen molar-refractivity contribution >= 4 is 33.8 Å². The minimum absolute atomic E-state index is 0.215. The molecular formula is C23H24N2O4S. The van der Waals surface area contributed by atoms with Crippen LogP contribution in [0.4, 0.5) is 10.7 Å². The minimum atomic E-state index is -0.359. The van der Waals surface area contributed by atoms with Crippen LogP contribution in [0, 0.1) is 5.92 Å². The summed E-state index contributed by atoms with van der Waals surface area (Å²) in [5.74, 6) is 0.950. The highest BCUT2D eigenvalue weighted by Crippen LogP contribution is 2.40. The van der Waals surface area contributed by atoms with Crippen LogP contribution in [-0.2, 0) is 12.8 Å². The molecule has 0 fully saturated rings. The molecule has 2 amide bonds. The predicted molar refractivity (Wildman–Crippen MR) is 118 cm³/mol. The Kier molecular flexibility index (Phi) is 5.90. The summed E-state index contributed by atoms with van der Waals surface area (Å²) in [6.07, 6.45) is 4.23. The van der Waals surface area contributed by atoms with Crippen molar-refractivity contribution in [2.75, 3.05) is 17.2 Å². The summed E-state index contributed by atoms with van der Waals surface area (Å²) in [6.45, 7) is 4.72. The summed E-state index contributed by atoms with van der Waals surface area (Å²) in [6, 6.07) is 10.5. The maximum absolute atomic E-state index is 13.2. The second-order valence-corrected chi connectivity index (χ2v) is 8.50. The molecule has 0 bridgehead atoms. The van der Waals surface area contributed by atoms with Crippen molar-refractivity contribution in [3.63, 3.8) is 0 Å². The van der Waals surface area contributed by atoms with Gasteiger partial charge >= 0.3 is 0 Å². The number of fused-ring (bicyclic) bond motifs is 1. The molecule has 0 saturated carbocycles. The highest BCUT2D eigenvalue weighted by atomic mass is 32.1. The number of anilines is 2. The first-order valence-electron chi connectivity index (χ1n) is 10.1. The third-order valence-electron chi connectivity index (χ3n) is 5.13. The third kappa shape index (κ3) is 4.26. The van der Waals surface area contributed by atoms with E-state index in [2.05, 4.69) is 17.6 Å². The van der Waals surface area contributed by atoms with Crippen LogP contribution in [0.25, 0.3) is 0 Å². The molecule has 2 N–H and O–H groups in total. The average molecular weight is 425 g/mol. The summed E-state index contributed by atoms with van der Waals surface area (Å²) in [5, 5.41) is 6.41. The third-order valence-corrected chi connectivity index (χ3v) is 6.30. The topological polar surface area (TPSA) is 80.6 Å². The first-order chi connectivity index (χ1) is 14.5. The zero-order chi connectivity index (χ0) is 21.1. The number of furan rings is 1. The van der Waals surface area contributed by atoms with Gasteiger partial charge in [-0.2, -0.15) is 0 Å². The molecule has 0 spiro atoms. The van der Waals surface area contributed by atoms with Crippen LogP contribution >= 0.6 is 11.3 Å². The van der Waals surface area contributed by atoms with E-state index in [0.29, 0.717) is 28.8 Å². The van der Waals surface area contributed by atoms with Crippen LogP contribution in [0.3, 0.4) is 0 Å². The van der Waals surface area contributed by atoms with Gasteiger partial charge in [0.25, 0.3) is 11.8 Å². The van der Waals surface area contributed by atoms with E-state index in [1.54, 1.807) is 12.1 Å². The summed E-state index contributed by atoms with van der Waals surface area (Å²) >= 11 is 1.48. The Morgan fingerprint density at radius 3 is 2.67 bits per heavy atom. The quantitative estimate of drug-likeness (QED) is 0.557. The van der Waals surface area contributed by atoms with Gasteiger partial charge in [-0.3, -0.25) is 9.59 Å². The molecule has 30 heavy (non-hydrogen) atoms. The highest BCUT2D eigenvalue weighted by molar-refractivity contribution is 7.17. The molecule has 1 aliphatic rings. The Bertz CT molecular complexity index is 1040. The molecule has 1 aromatic carbocycles. The van der Waals surface area contributed by atoms with Crippen molar-refractivity contribution < 1.29 is 18.7 Å². The lowest BCUT2D eigenvalue weighted by Gasteiger charge is -2.18. The number of amides is 2. The molecule has 1 atom stereocenters. The number of hydrogen-bond acceptors (Lipinski definition) is 5. The SMILES string of the molecule is CCOc1ccc(NC(=O)c2c(NC(=O)c3ccco3)sc3c2CC[C@H](C)C3)cc1. The van der Waals surface area contributed by atoms with E-state index in [1.165, 1.54) is 22.5 Å². The van der Waals surface area contributed by atoms with Gasteiger partial charge in [-0.1, -0.05) is 6.92 Å². The smallest absolute Gasteiger partial charge is 0.291 e. The number of benzene rings is 1. The van der Waals surface area contributed by atoms with E-state index in [1.807, 2.05) is 31.2 Å². The van der Waals surface area contributed by atoms with Crippen molar-refractivity contribution in [3.05, 3.63) is 64.4 Å². The van der Waals surface area contributed by atoms with Crippen molar-refractivity contribution in [1.82, 2.24) is 0 Å². The maximum atomic E-state index is 13.2. The van der Waals surface area contributed by atoms with Gasteiger partial charge in [0.1, 0.15) is 10.8 Å². The van der Waals surface area contributed by atoms with Crippen LogP contribution in [0.1, 0.15) is 51.6 Å². The Morgan fingerprint density at radius 2 is 1.97 bits per heavy atom. The van der Waals surface area contributed by atoms with E-state index in [4.69, 9.17) is 9.15 Å². The standard InChI is InChI=1S/C23H24N2O4S/c1-3-28-16-9-7-15(8-10-16)24-22(27)20-17-11-6-14(2)13-19(17)30-23(20)25-21(26)18-5-4-12-29-18/h4-5,7-10,12,14H,3,6,11,13H2,1-2H3,(H,24,27)(H,25,26)/t14-/m0/s1. The molecule has 4 rings (SSSR count). The van der Waals surface area contributed by atoms with Crippen molar-refractivity contribution in [2.45, 2.75) is 33.1 Å². The van der Waals surface area contributed by atoms with Gasteiger partial charge in [0, 0.05) is 10.6 Å². The van der Waals surface area contributed by atoms with Crippen LogP contribution < -0.4 is 15.4 Å². The van der Waals surface area contributed by atoms with Gasteiger partial charge in [0.15, 0.2) is 5.76 Å². The number of thiophene rings is 1. The summed E-state index contributed by atoms with van der Waals surface area (Å²) in [5.41, 5.74) is 2.27. The predicted octanol–water partition coefficient (Wildman–Crippen LogP) is 5.37. The van der Waals surface area contributed by atoms with Crippen LogP contribution in [0.2, 0.25) is 0 Å². The molecule has 7 heteroatoms. The monoisotopic (exact) mass is 424 g/mol. The molecule has 0 aliphatic heterocycles. The Morgan fingerprint density at radius 1 is 1.17 bits per heavy atom. The normalized spacial score (nSPS) is 15.3. The van der Waals surface area contributed by atoms with E-state index in [-0.39, 0.29) is 17.6 Å². The van der Waals surface area contributed by atoms with Crippen LogP contribution in [-0.4, -0.2) is 18.4 Å². The summed E-state index contributed by atoms with van der Waals surface area (Å²) < 4.78 is 10.6. The number of carbonyl (C=O) groups is 2. The van der Waals surface area contributed by atoms with Crippen LogP contribution in [0.15, 0.2) is 47.1 Å². The number of nitrogens with one attached hydrogen (secondary N) is 2. The van der Waals surface area contributed by atoms with E-state index in [9.17, 15) is 9.59 Å². The Balaban J connectivity index is 1.61. The fourth-order valence-corrected chi connectivity index (χ4v) is 5.05. The van der Waals surface area contributed by atoms with Gasteiger partial charge < -0.3 is 19.8 Å². The molecule has 2 heterocycles. The fourth-order valence-electron chi connectivity index (χ4n) is 3.65. The van der Waals surface area contributed by atoms with Crippen LogP contribution in [0.5, 0.6) is 5.75 Å². The second kappa shape index (κ2) is 8.75. The molecule has 0 saturated heterocycles. The van der Waals surface area contributed by atoms with Gasteiger partial charge in [-0.15, -0.1) is 11.3 Å². The molecule has 156 valence electrons. The molecule has 3 aromatic rings. The molecule has 0 radical (unpaired) electrons. The lowest BCUT2D eigenvalue weighted by atomic mass is 9.88. The Labute approximate surface area is 179 Å². The highest BCUT2D eigenvalue weighted by Gasteiger charge is 2.29. The molecule has 2 aromatic heterocycles. The first kappa shape index (κ1) is 20.2. The number of rotatable bonds is 6. The average Bonchev–Trinajstić information content (AvgIpc) is 3.37. The number of ether oxygens (including phenoxy) is 1. The lowest BCUT2D eigenvalue weighted by molar-refractivity contribution is 0.0997. The Hall–Kier alpha value is -3.06. The zero-order valence-corrected chi connectivity index (χ0v) is 17.8. The van der Waals surface area contributed by atoms with E-state index >= 15 is 0 Å². The van der Waals surface area contributed by atoms with E-state index < -0.39 is 0 Å². The van der Waals surface area contributed by atoms with E-state index in [0.717, 1.165) is 30.6 Å². The van der Waals surface area contributed by atoms with Gasteiger partial charge in [0.05, 0.1) is 18.4 Å². The number of hydrogen-bond donors (Lipinski definition) is 2. The fraction of sp³-hybridized carbons (Fsp3) is 0.304. The molecule has 0 unspecified atom stereocenters. The maximum Gasteiger partial charge on any atom is 0.291 e. The summed E-state index contributed by atoms with van der Waals surface area (Å²) in [7, 11) is 0.